The number of carbonyl (C=O) groups excluding carboxylic acids is 1. The first-order valence-electron chi connectivity index (χ1n) is 5.44. The molecule has 1 N–H and O–H groups in total. The predicted octanol–water partition coefficient (Wildman–Crippen LogP) is 2.95. The maximum absolute atomic E-state index is 12.1. The summed E-state index contributed by atoms with van der Waals surface area (Å²) < 4.78 is 6.61. The van der Waals surface area contributed by atoms with Crippen LogP contribution in [0.2, 0.25) is 0 Å². The summed E-state index contributed by atoms with van der Waals surface area (Å²) in [6.45, 7) is 0.502. The molecule has 0 saturated heterocycles. The second kappa shape index (κ2) is 3.48. The summed E-state index contributed by atoms with van der Waals surface area (Å²) in [5.74, 6) is 0.857. The lowest BCUT2D eigenvalue weighted by atomic mass is 9.69. The minimum absolute atomic E-state index is 0.101. The zero-order valence-corrected chi connectivity index (χ0v) is 10.3. The SMILES string of the molecule is O=C1Nc2c(Br)cccc2OCC12CCC2. The molecule has 1 aliphatic carbocycles. The van der Waals surface area contributed by atoms with Gasteiger partial charge in [0.2, 0.25) is 5.91 Å². The van der Waals surface area contributed by atoms with Gasteiger partial charge in [-0.15, -0.1) is 0 Å². The highest BCUT2D eigenvalue weighted by Gasteiger charge is 2.46. The summed E-state index contributed by atoms with van der Waals surface area (Å²) in [5.41, 5.74) is 0.481. The molecule has 1 aliphatic heterocycles. The van der Waals surface area contributed by atoms with E-state index in [0.717, 1.165) is 35.2 Å². The highest BCUT2D eigenvalue weighted by molar-refractivity contribution is 9.10. The normalized spacial score (nSPS) is 21.4. The van der Waals surface area contributed by atoms with Gasteiger partial charge in [-0.05, 0) is 40.9 Å². The molecular formula is C12H12BrNO2. The number of benzene rings is 1. The first kappa shape index (κ1) is 10.1. The zero-order chi connectivity index (χ0) is 11.2. The summed E-state index contributed by atoms with van der Waals surface area (Å²) in [5, 5.41) is 2.97. The molecule has 84 valence electrons. The highest BCUT2D eigenvalue weighted by Crippen LogP contribution is 2.46. The van der Waals surface area contributed by atoms with Crippen LogP contribution in [-0.4, -0.2) is 12.5 Å². The molecule has 0 aromatic heterocycles. The highest BCUT2D eigenvalue weighted by atomic mass is 79.9. The van der Waals surface area contributed by atoms with Crippen LogP contribution in [0.4, 0.5) is 5.69 Å². The number of hydrogen-bond donors (Lipinski definition) is 1. The van der Waals surface area contributed by atoms with Crippen molar-refractivity contribution in [1.29, 1.82) is 0 Å². The van der Waals surface area contributed by atoms with Crippen molar-refractivity contribution in [3.05, 3.63) is 22.7 Å². The summed E-state index contributed by atoms with van der Waals surface area (Å²) in [7, 11) is 0. The smallest absolute Gasteiger partial charge is 0.234 e. The molecule has 1 aromatic carbocycles. The molecular weight excluding hydrogens is 270 g/mol. The third-order valence-electron chi connectivity index (χ3n) is 3.51. The van der Waals surface area contributed by atoms with E-state index in [1.807, 2.05) is 18.2 Å². The lowest BCUT2D eigenvalue weighted by molar-refractivity contribution is -0.132. The van der Waals surface area contributed by atoms with Crippen molar-refractivity contribution in [2.45, 2.75) is 19.3 Å². The van der Waals surface area contributed by atoms with Gasteiger partial charge in [0.25, 0.3) is 0 Å². The van der Waals surface area contributed by atoms with Gasteiger partial charge in [-0.2, -0.15) is 0 Å². The molecule has 16 heavy (non-hydrogen) atoms. The number of rotatable bonds is 0. The van der Waals surface area contributed by atoms with Gasteiger partial charge in [0.15, 0.2) is 0 Å². The Morgan fingerprint density at radius 3 is 2.88 bits per heavy atom. The Labute approximate surface area is 102 Å². The van der Waals surface area contributed by atoms with Crippen LogP contribution >= 0.6 is 15.9 Å². The Balaban J connectivity index is 2.00. The van der Waals surface area contributed by atoms with Crippen molar-refractivity contribution in [2.24, 2.45) is 5.41 Å². The molecule has 0 bridgehead atoms. The molecule has 0 unspecified atom stereocenters. The number of para-hydroxylation sites is 1. The lowest BCUT2D eigenvalue weighted by Crippen LogP contribution is -2.45. The van der Waals surface area contributed by atoms with E-state index in [2.05, 4.69) is 21.2 Å². The number of nitrogens with one attached hydrogen (secondary N) is 1. The molecule has 1 amide bonds. The maximum atomic E-state index is 12.1. The molecule has 1 saturated carbocycles. The zero-order valence-electron chi connectivity index (χ0n) is 8.75. The van der Waals surface area contributed by atoms with Crippen LogP contribution in [0.3, 0.4) is 0 Å². The number of hydrogen-bond acceptors (Lipinski definition) is 2. The van der Waals surface area contributed by atoms with E-state index >= 15 is 0 Å². The molecule has 1 aromatic rings. The molecule has 1 heterocycles. The van der Waals surface area contributed by atoms with E-state index in [1.165, 1.54) is 0 Å². The van der Waals surface area contributed by atoms with Gasteiger partial charge in [-0.25, -0.2) is 0 Å². The van der Waals surface area contributed by atoms with Gasteiger partial charge < -0.3 is 10.1 Å². The van der Waals surface area contributed by atoms with Gasteiger partial charge in [0.05, 0.1) is 11.1 Å². The third-order valence-corrected chi connectivity index (χ3v) is 4.17. The largest absolute Gasteiger partial charge is 0.490 e. The monoisotopic (exact) mass is 281 g/mol. The van der Waals surface area contributed by atoms with E-state index < -0.39 is 0 Å². The van der Waals surface area contributed by atoms with Gasteiger partial charge in [0.1, 0.15) is 12.4 Å². The number of ether oxygens (including phenoxy) is 1. The van der Waals surface area contributed by atoms with E-state index in [-0.39, 0.29) is 11.3 Å². The van der Waals surface area contributed by atoms with Crippen molar-refractivity contribution >= 4 is 27.5 Å². The van der Waals surface area contributed by atoms with Crippen LogP contribution in [-0.2, 0) is 4.79 Å². The van der Waals surface area contributed by atoms with E-state index in [1.54, 1.807) is 0 Å². The minimum Gasteiger partial charge on any atom is -0.490 e. The predicted molar refractivity (Wildman–Crippen MR) is 64.6 cm³/mol. The molecule has 2 aliphatic rings. The van der Waals surface area contributed by atoms with Crippen molar-refractivity contribution in [3.8, 4) is 5.75 Å². The Morgan fingerprint density at radius 1 is 1.38 bits per heavy atom. The summed E-state index contributed by atoms with van der Waals surface area (Å²) in [4.78, 5) is 12.1. The second-order valence-electron chi connectivity index (χ2n) is 4.49. The van der Waals surface area contributed by atoms with E-state index in [9.17, 15) is 4.79 Å². The number of halogens is 1. The Kier molecular flexibility index (Phi) is 2.21. The average molecular weight is 282 g/mol. The van der Waals surface area contributed by atoms with Crippen LogP contribution in [0, 0.1) is 5.41 Å². The van der Waals surface area contributed by atoms with Crippen molar-refractivity contribution in [3.63, 3.8) is 0 Å². The van der Waals surface area contributed by atoms with Crippen molar-refractivity contribution in [1.82, 2.24) is 0 Å². The van der Waals surface area contributed by atoms with Gasteiger partial charge >= 0.3 is 0 Å². The molecule has 4 heteroatoms. The number of anilines is 1. The molecule has 0 atom stereocenters. The summed E-state index contributed by atoms with van der Waals surface area (Å²) in [6, 6.07) is 5.70. The molecule has 3 rings (SSSR count). The van der Waals surface area contributed by atoms with E-state index in [0.29, 0.717) is 6.61 Å². The van der Waals surface area contributed by atoms with Crippen LogP contribution in [0.5, 0.6) is 5.75 Å². The topological polar surface area (TPSA) is 38.3 Å². The van der Waals surface area contributed by atoms with Crippen molar-refractivity contribution in [2.75, 3.05) is 11.9 Å². The summed E-state index contributed by atoms with van der Waals surface area (Å²) in [6.07, 6.45) is 2.99. The van der Waals surface area contributed by atoms with E-state index in [4.69, 9.17) is 4.74 Å². The Hall–Kier alpha value is -1.03. The first-order chi connectivity index (χ1) is 7.71. The fraction of sp³-hybridized carbons (Fsp3) is 0.417. The summed E-state index contributed by atoms with van der Waals surface area (Å²) >= 11 is 3.43. The quantitative estimate of drug-likeness (QED) is 0.794. The molecule has 0 radical (unpaired) electrons. The molecule has 1 spiro atoms. The number of fused-ring (bicyclic) bond motifs is 1. The standard InChI is InChI=1S/C12H12BrNO2/c13-8-3-1-4-9-10(8)14-11(15)12(7-16-9)5-2-6-12/h1,3-4H,2,5-7H2,(H,14,15). The maximum Gasteiger partial charge on any atom is 0.234 e. The fourth-order valence-electron chi connectivity index (χ4n) is 2.25. The second-order valence-corrected chi connectivity index (χ2v) is 5.34. The Morgan fingerprint density at radius 2 is 2.19 bits per heavy atom. The third kappa shape index (κ3) is 1.36. The van der Waals surface area contributed by atoms with Crippen LogP contribution in [0.25, 0.3) is 0 Å². The average Bonchev–Trinajstić information content (AvgIpc) is 2.35. The van der Waals surface area contributed by atoms with Crippen LogP contribution < -0.4 is 10.1 Å². The van der Waals surface area contributed by atoms with Gasteiger partial charge in [0, 0.05) is 4.47 Å². The molecule has 3 nitrogen and oxygen atoms in total. The van der Waals surface area contributed by atoms with Gasteiger partial charge in [-0.3, -0.25) is 4.79 Å². The Bertz CT molecular complexity index is 454. The van der Waals surface area contributed by atoms with Crippen molar-refractivity contribution < 1.29 is 9.53 Å². The van der Waals surface area contributed by atoms with Crippen LogP contribution in [0.15, 0.2) is 22.7 Å². The van der Waals surface area contributed by atoms with Crippen LogP contribution in [0.1, 0.15) is 19.3 Å². The first-order valence-corrected chi connectivity index (χ1v) is 6.23. The minimum atomic E-state index is -0.279. The number of carbonyl (C=O) groups is 1. The lowest BCUT2D eigenvalue weighted by Gasteiger charge is -2.37. The number of amides is 1. The fourth-order valence-corrected chi connectivity index (χ4v) is 2.70. The molecule has 1 fully saturated rings. The van der Waals surface area contributed by atoms with Gasteiger partial charge in [-0.1, -0.05) is 12.5 Å².